The molecule has 7 nitrogen and oxygen atoms in total. The molecular weight excluding hydrogens is 274 g/mol. The highest BCUT2D eigenvalue weighted by Crippen LogP contribution is 2.04. The monoisotopic (exact) mass is 293 g/mol. The van der Waals surface area contributed by atoms with Crippen molar-refractivity contribution in [1.29, 1.82) is 0 Å². The maximum Gasteiger partial charge on any atom is 0.326 e. The molecule has 3 N–H and O–H groups in total. The molecular formula is C14H19N3O4. The fourth-order valence-electron chi connectivity index (χ4n) is 1.68. The molecule has 1 atom stereocenters. The fourth-order valence-corrected chi connectivity index (χ4v) is 1.68. The van der Waals surface area contributed by atoms with Crippen molar-refractivity contribution in [3.05, 3.63) is 35.9 Å². The largest absolute Gasteiger partial charge is 0.480 e. The number of nitrogens with zero attached hydrogens (tertiary/aromatic N) is 1. The summed E-state index contributed by atoms with van der Waals surface area (Å²) < 4.78 is 0. The summed E-state index contributed by atoms with van der Waals surface area (Å²) >= 11 is 0. The molecule has 3 amide bonds. The molecule has 0 aromatic heterocycles. The number of carbonyl (C=O) groups is 3. The molecule has 0 fully saturated rings. The minimum atomic E-state index is -1.12. The molecule has 0 spiro atoms. The van der Waals surface area contributed by atoms with Crippen LogP contribution in [-0.4, -0.2) is 54.6 Å². The predicted octanol–water partition coefficient (Wildman–Crippen LogP) is 0.0697. The third-order valence-corrected chi connectivity index (χ3v) is 2.88. The number of carbonyl (C=O) groups excluding carboxylic acids is 2. The molecule has 1 unspecified atom stereocenters. The summed E-state index contributed by atoms with van der Waals surface area (Å²) in [4.78, 5) is 35.4. The fraction of sp³-hybridized carbons (Fsp3) is 0.357. The Hall–Kier alpha value is -2.57. The third-order valence-electron chi connectivity index (χ3n) is 2.88. The van der Waals surface area contributed by atoms with Gasteiger partial charge in [-0.05, 0) is 5.56 Å². The zero-order valence-corrected chi connectivity index (χ0v) is 12.0. The van der Waals surface area contributed by atoms with E-state index < -0.39 is 18.0 Å². The van der Waals surface area contributed by atoms with Gasteiger partial charge in [0.1, 0.15) is 12.6 Å². The van der Waals surface area contributed by atoms with E-state index >= 15 is 0 Å². The van der Waals surface area contributed by atoms with E-state index in [1.54, 1.807) is 24.3 Å². The lowest BCUT2D eigenvalue weighted by atomic mass is 10.1. The Kier molecular flexibility index (Phi) is 6.19. The molecule has 0 heterocycles. The lowest BCUT2D eigenvalue weighted by molar-refractivity contribution is -0.139. The molecule has 7 heteroatoms. The maximum absolute atomic E-state index is 11.9. The number of benzene rings is 1. The van der Waals surface area contributed by atoms with Crippen LogP contribution in [0, 0.1) is 0 Å². The van der Waals surface area contributed by atoms with Gasteiger partial charge < -0.3 is 20.6 Å². The van der Waals surface area contributed by atoms with Gasteiger partial charge in [0.15, 0.2) is 0 Å². The first-order valence-corrected chi connectivity index (χ1v) is 6.43. The van der Waals surface area contributed by atoms with Crippen molar-refractivity contribution in [1.82, 2.24) is 15.5 Å². The standard InChI is InChI=1S/C14H19N3O4/c1-15-12(18)9-17(2)14(21)16-11(13(19)20)8-10-6-4-3-5-7-10/h3-7,11H,8-9H2,1-2H3,(H,15,18)(H,16,21)(H,19,20). The second-order valence-electron chi connectivity index (χ2n) is 4.56. The second kappa shape index (κ2) is 7.88. The average molecular weight is 293 g/mol. The average Bonchev–Trinajstić information content (AvgIpc) is 2.47. The van der Waals surface area contributed by atoms with Crippen LogP contribution in [-0.2, 0) is 16.0 Å². The van der Waals surface area contributed by atoms with Crippen molar-refractivity contribution in [2.75, 3.05) is 20.6 Å². The second-order valence-corrected chi connectivity index (χ2v) is 4.56. The van der Waals surface area contributed by atoms with Gasteiger partial charge in [0.05, 0.1) is 0 Å². The van der Waals surface area contributed by atoms with E-state index in [1.165, 1.54) is 14.1 Å². The van der Waals surface area contributed by atoms with E-state index in [9.17, 15) is 19.5 Å². The van der Waals surface area contributed by atoms with Crippen LogP contribution in [0.4, 0.5) is 4.79 Å². The van der Waals surface area contributed by atoms with Gasteiger partial charge in [-0.25, -0.2) is 9.59 Å². The van der Waals surface area contributed by atoms with Crippen molar-refractivity contribution in [3.63, 3.8) is 0 Å². The molecule has 0 radical (unpaired) electrons. The Morgan fingerprint density at radius 1 is 1.24 bits per heavy atom. The summed E-state index contributed by atoms with van der Waals surface area (Å²) in [5.41, 5.74) is 0.805. The molecule has 1 aromatic rings. The number of carboxylic acids is 1. The molecule has 1 rings (SSSR count). The lowest BCUT2D eigenvalue weighted by Gasteiger charge is -2.20. The summed E-state index contributed by atoms with van der Waals surface area (Å²) in [6.07, 6.45) is 0.176. The highest BCUT2D eigenvalue weighted by atomic mass is 16.4. The van der Waals surface area contributed by atoms with Gasteiger partial charge in [0.2, 0.25) is 5.91 Å². The quantitative estimate of drug-likeness (QED) is 0.691. The first kappa shape index (κ1) is 16.5. The zero-order chi connectivity index (χ0) is 15.8. The van der Waals surface area contributed by atoms with Crippen molar-refractivity contribution < 1.29 is 19.5 Å². The summed E-state index contributed by atoms with van der Waals surface area (Å²) in [5.74, 6) is -1.46. The summed E-state index contributed by atoms with van der Waals surface area (Å²) in [6, 6.07) is 7.34. The van der Waals surface area contributed by atoms with E-state index in [0.29, 0.717) is 0 Å². The normalized spacial score (nSPS) is 11.3. The van der Waals surface area contributed by atoms with Crippen LogP contribution in [0.25, 0.3) is 0 Å². The smallest absolute Gasteiger partial charge is 0.326 e. The topological polar surface area (TPSA) is 98.7 Å². The highest BCUT2D eigenvalue weighted by molar-refractivity contribution is 5.86. The van der Waals surface area contributed by atoms with Crippen molar-refractivity contribution in [2.45, 2.75) is 12.5 Å². The van der Waals surface area contributed by atoms with Gasteiger partial charge >= 0.3 is 12.0 Å². The van der Waals surface area contributed by atoms with Crippen LogP contribution in [0.1, 0.15) is 5.56 Å². The molecule has 0 saturated heterocycles. The Bertz CT molecular complexity index is 504. The molecule has 0 aliphatic rings. The summed E-state index contributed by atoms with van der Waals surface area (Å²) in [6.45, 7) is -0.139. The summed E-state index contributed by atoms with van der Waals surface area (Å²) in [7, 11) is 2.88. The van der Waals surface area contributed by atoms with E-state index in [4.69, 9.17) is 0 Å². The number of carboxylic acid groups (broad SMARTS) is 1. The van der Waals surface area contributed by atoms with Crippen molar-refractivity contribution >= 4 is 17.9 Å². The van der Waals surface area contributed by atoms with E-state index in [-0.39, 0.29) is 18.9 Å². The van der Waals surface area contributed by atoms with Gasteiger partial charge in [-0.1, -0.05) is 30.3 Å². The lowest BCUT2D eigenvalue weighted by Crippen LogP contribution is -2.49. The number of rotatable bonds is 6. The number of hydrogen-bond donors (Lipinski definition) is 3. The molecule has 0 aliphatic carbocycles. The van der Waals surface area contributed by atoms with E-state index in [0.717, 1.165) is 10.5 Å². The van der Waals surface area contributed by atoms with Gasteiger partial charge in [0.25, 0.3) is 0 Å². The minimum absolute atomic E-state index is 0.139. The van der Waals surface area contributed by atoms with Gasteiger partial charge in [-0.2, -0.15) is 0 Å². The minimum Gasteiger partial charge on any atom is -0.480 e. The predicted molar refractivity (Wildman–Crippen MR) is 76.8 cm³/mol. The van der Waals surface area contributed by atoms with Crippen LogP contribution in [0.2, 0.25) is 0 Å². The molecule has 0 bridgehead atoms. The first-order chi connectivity index (χ1) is 9.93. The Labute approximate surface area is 122 Å². The van der Waals surface area contributed by atoms with E-state index in [2.05, 4.69) is 10.6 Å². The van der Waals surface area contributed by atoms with Crippen LogP contribution in [0.5, 0.6) is 0 Å². The van der Waals surface area contributed by atoms with Crippen molar-refractivity contribution in [3.8, 4) is 0 Å². The van der Waals surface area contributed by atoms with Crippen LogP contribution < -0.4 is 10.6 Å². The molecule has 21 heavy (non-hydrogen) atoms. The Morgan fingerprint density at radius 3 is 2.38 bits per heavy atom. The van der Waals surface area contributed by atoms with Gasteiger partial charge in [-0.3, -0.25) is 4.79 Å². The maximum atomic E-state index is 11.9. The van der Waals surface area contributed by atoms with Crippen LogP contribution in [0.15, 0.2) is 30.3 Å². The zero-order valence-electron chi connectivity index (χ0n) is 12.0. The molecule has 1 aromatic carbocycles. The van der Waals surface area contributed by atoms with Crippen LogP contribution >= 0.6 is 0 Å². The number of likely N-dealkylation sites (N-methyl/N-ethyl adjacent to an activating group) is 2. The number of amides is 3. The van der Waals surface area contributed by atoms with Crippen LogP contribution in [0.3, 0.4) is 0 Å². The van der Waals surface area contributed by atoms with Gasteiger partial charge in [-0.15, -0.1) is 0 Å². The Morgan fingerprint density at radius 2 is 1.86 bits per heavy atom. The number of hydrogen-bond acceptors (Lipinski definition) is 3. The first-order valence-electron chi connectivity index (χ1n) is 6.43. The van der Waals surface area contributed by atoms with E-state index in [1.807, 2.05) is 6.07 Å². The molecule has 0 aliphatic heterocycles. The number of aliphatic carboxylic acids is 1. The summed E-state index contributed by atoms with van der Waals surface area (Å²) in [5, 5.41) is 14.0. The van der Waals surface area contributed by atoms with Crippen molar-refractivity contribution in [2.24, 2.45) is 0 Å². The highest BCUT2D eigenvalue weighted by Gasteiger charge is 2.22. The third kappa shape index (κ3) is 5.52. The molecule has 0 saturated carbocycles. The number of urea groups is 1. The van der Waals surface area contributed by atoms with Gasteiger partial charge in [0, 0.05) is 20.5 Å². The Balaban J connectivity index is 2.64. The molecule has 114 valence electrons. The number of nitrogens with one attached hydrogen (secondary N) is 2. The SMILES string of the molecule is CNC(=O)CN(C)C(=O)NC(Cc1ccccc1)C(=O)O.